The highest BCUT2D eigenvalue weighted by molar-refractivity contribution is 6.72. The van der Waals surface area contributed by atoms with Gasteiger partial charge in [-0.1, -0.05) is 24.3 Å². The fourth-order valence-corrected chi connectivity index (χ4v) is 10.4. The Morgan fingerprint density at radius 3 is 2.38 bits per heavy atom. The molecular formula is C33H39FN6O7Si. The summed E-state index contributed by atoms with van der Waals surface area (Å²) in [6.07, 6.45) is 1.05. The second-order valence-electron chi connectivity index (χ2n) is 13.3. The fourth-order valence-electron chi connectivity index (χ4n) is 7.83. The van der Waals surface area contributed by atoms with E-state index in [9.17, 15) is 19.5 Å². The Bertz CT molecular complexity index is 1750. The number of fused-ring (bicyclic) bond motifs is 2. The Labute approximate surface area is 278 Å². The first-order chi connectivity index (χ1) is 23.0. The van der Waals surface area contributed by atoms with E-state index in [-0.39, 0.29) is 25.7 Å². The molecule has 4 aliphatic rings. The molecule has 1 N–H and O–H groups in total. The average molecular weight is 679 g/mol. The summed E-state index contributed by atoms with van der Waals surface area (Å²) < 4.78 is 35.3. The van der Waals surface area contributed by atoms with Gasteiger partial charge in [0, 0.05) is 54.2 Å². The van der Waals surface area contributed by atoms with Crippen LogP contribution in [0.3, 0.4) is 0 Å². The lowest BCUT2D eigenvalue weighted by Crippen LogP contribution is -2.45. The van der Waals surface area contributed by atoms with Gasteiger partial charge in [0.25, 0.3) is 5.91 Å². The third kappa shape index (κ3) is 5.43. The van der Waals surface area contributed by atoms with E-state index in [0.29, 0.717) is 67.4 Å². The molecule has 5 heterocycles. The van der Waals surface area contributed by atoms with Gasteiger partial charge in [-0.05, 0) is 55.4 Å². The summed E-state index contributed by atoms with van der Waals surface area (Å²) in [6, 6.07) is 12.8. The van der Waals surface area contributed by atoms with Crippen LogP contribution in [0.2, 0.25) is 18.6 Å². The van der Waals surface area contributed by atoms with Crippen molar-refractivity contribution in [3.8, 4) is 0 Å². The molecule has 0 saturated carbocycles. The van der Waals surface area contributed by atoms with Gasteiger partial charge < -0.3 is 28.3 Å². The Morgan fingerprint density at radius 1 is 1.02 bits per heavy atom. The number of nitrogens with zero attached hydrogens (tertiary/aromatic N) is 6. The summed E-state index contributed by atoms with van der Waals surface area (Å²) in [5.74, 6) is -0.827. The van der Waals surface area contributed by atoms with Gasteiger partial charge in [-0.2, -0.15) is 0 Å². The maximum atomic E-state index is 16.4. The van der Waals surface area contributed by atoms with E-state index < -0.39 is 43.8 Å². The number of aliphatic hydroxyl groups excluding tert-OH is 1. The van der Waals surface area contributed by atoms with Crippen LogP contribution in [-0.4, -0.2) is 85.6 Å². The predicted octanol–water partition coefficient (Wildman–Crippen LogP) is 4.14. The molecule has 0 radical (unpaired) electrons. The molecule has 0 aliphatic carbocycles. The number of aromatic nitrogens is 3. The maximum absolute atomic E-state index is 16.4. The van der Waals surface area contributed by atoms with Crippen molar-refractivity contribution in [1.82, 2.24) is 15.0 Å². The SMILES string of the molecule is C[C@@H]1[C@@H]([Si](C)(C)F)[C@H](CCn2cc(CCO)nn2)O[C@@]12C(=O)N(Cc1cccc(N3CCOC3=O)c1)c1ccc(N3CCOC3=O)cc12. The number of benzene rings is 2. The number of aryl methyl sites for hydroxylation is 1. The van der Waals surface area contributed by atoms with Crippen LogP contribution < -0.4 is 14.7 Å². The van der Waals surface area contributed by atoms with Gasteiger partial charge in [0.05, 0.1) is 37.1 Å². The highest BCUT2D eigenvalue weighted by atomic mass is 28.4. The first-order valence-corrected chi connectivity index (χ1v) is 19.3. The van der Waals surface area contributed by atoms with Gasteiger partial charge in [-0.15, -0.1) is 5.10 Å². The van der Waals surface area contributed by atoms with Crippen molar-refractivity contribution >= 4 is 43.6 Å². The average Bonchev–Trinajstić information content (AvgIpc) is 3.87. The molecule has 254 valence electrons. The topological polar surface area (TPSA) is 140 Å². The highest BCUT2D eigenvalue weighted by Crippen LogP contribution is 2.60. The molecule has 2 aromatic carbocycles. The normalized spacial score (nSPS) is 25.4. The number of ether oxygens (including phenoxy) is 3. The van der Waals surface area contributed by atoms with E-state index in [0.717, 1.165) is 5.56 Å². The van der Waals surface area contributed by atoms with Gasteiger partial charge in [0.1, 0.15) is 13.2 Å². The molecule has 3 saturated heterocycles. The second kappa shape index (κ2) is 12.3. The molecule has 3 fully saturated rings. The van der Waals surface area contributed by atoms with Crippen LogP contribution in [0.25, 0.3) is 0 Å². The molecule has 4 atom stereocenters. The molecule has 0 unspecified atom stereocenters. The number of amides is 3. The van der Waals surface area contributed by atoms with Crippen LogP contribution in [-0.2, 0) is 44.1 Å². The molecule has 7 rings (SSSR count). The Hall–Kier alpha value is -4.34. The summed E-state index contributed by atoms with van der Waals surface area (Å²) in [4.78, 5) is 44.5. The largest absolute Gasteiger partial charge is 0.447 e. The minimum absolute atomic E-state index is 0.0432. The third-order valence-electron chi connectivity index (χ3n) is 9.94. The Balaban J connectivity index is 1.26. The quantitative estimate of drug-likeness (QED) is 0.248. The van der Waals surface area contributed by atoms with Crippen molar-refractivity contribution in [1.29, 1.82) is 0 Å². The van der Waals surface area contributed by atoms with E-state index in [1.54, 1.807) is 39.8 Å². The molecular weight excluding hydrogens is 639 g/mol. The van der Waals surface area contributed by atoms with E-state index in [1.807, 2.05) is 43.3 Å². The van der Waals surface area contributed by atoms with Crippen molar-refractivity contribution in [2.24, 2.45) is 5.92 Å². The van der Waals surface area contributed by atoms with Gasteiger partial charge in [-0.25, -0.2) is 9.59 Å². The number of carbonyl (C=O) groups excluding carboxylic acids is 3. The minimum Gasteiger partial charge on any atom is -0.447 e. The number of halogens is 1. The van der Waals surface area contributed by atoms with Crippen LogP contribution in [0, 0.1) is 5.92 Å². The zero-order chi connectivity index (χ0) is 33.8. The first kappa shape index (κ1) is 32.2. The smallest absolute Gasteiger partial charge is 0.414 e. The zero-order valence-electron chi connectivity index (χ0n) is 27.2. The minimum atomic E-state index is -3.42. The lowest BCUT2D eigenvalue weighted by atomic mass is 9.82. The number of hydrogen-bond acceptors (Lipinski definition) is 9. The Morgan fingerprint density at radius 2 is 1.73 bits per heavy atom. The summed E-state index contributed by atoms with van der Waals surface area (Å²) in [6.45, 7) is 7.12. The van der Waals surface area contributed by atoms with Crippen LogP contribution in [0.5, 0.6) is 0 Å². The van der Waals surface area contributed by atoms with Gasteiger partial charge >= 0.3 is 12.2 Å². The van der Waals surface area contributed by atoms with Gasteiger partial charge in [0.15, 0.2) is 5.60 Å². The number of aliphatic hydroxyl groups is 1. The van der Waals surface area contributed by atoms with Crippen LogP contribution in [0.4, 0.5) is 30.8 Å². The molecule has 3 aromatic rings. The monoisotopic (exact) mass is 678 g/mol. The van der Waals surface area contributed by atoms with Crippen LogP contribution >= 0.6 is 0 Å². The molecule has 15 heteroatoms. The maximum Gasteiger partial charge on any atom is 0.414 e. The van der Waals surface area contributed by atoms with Crippen molar-refractivity contribution in [3.05, 3.63) is 65.5 Å². The lowest BCUT2D eigenvalue weighted by Gasteiger charge is -2.31. The molecule has 13 nitrogen and oxygen atoms in total. The predicted molar refractivity (Wildman–Crippen MR) is 175 cm³/mol. The molecule has 4 aliphatic heterocycles. The summed E-state index contributed by atoms with van der Waals surface area (Å²) in [7, 11) is -3.42. The van der Waals surface area contributed by atoms with Crippen molar-refractivity contribution in [3.63, 3.8) is 0 Å². The molecule has 1 aromatic heterocycles. The summed E-state index contributed by atoms with van der Waals surface area (Å²) in [5.41, 5.74) is 1.88. The highest BCUT2D eigenvalue weighted by Gasteiger charge is 2.66. The standard InChI is InChI=1S/C33H39FN6O7Si/c1-21-29(48(2,3)34)28(9-11-37-20-23(10-14-41)35-36-37)47-33(21)26-18-25(39-13-16-46-32(39)44)7-8-27(26)40(30(33)42)19-22-5-4-6-24(17-22)38-12-15-45-31(38)43/h4-8,17-18,20-21,28-29,41H,9-16,19H2,1-3H3/t21-,28+,29-,33+/m1/s1. The van der Waals surface area contributed by atoms with E-state index >= 15 is 4.11 Å². The second-order valence-corrected chi connectivity index (χ2v) is 17.1. The van der Waals surface area contributed by atoms with E-state index in [2.05, 4.69) is 10.3 Å². The first-order valence-electron chi connectivity index (χ1n) is 16.3. The molecule has 0 bridgehead atoms. The number of anilines is 3. The van der Waals surface area contributed by atoms with Gasteiger partial charge in [0.2, 0.25) is 8.41 Å². The van der Waals surface area contributed by atoms with E-state index in [4.69, 9.17) is 14.2 Å². The van der Waals surface area contributed by atoms with E-state index in [1.165, 1.54) is 4.90 Å². The molecule has 1 spiro atoms. The number of cyclic esters (lactones) is 2. The summed E-state index contributed by atoms with van der Waals surface area (Å²) in [5, 5.41) is 17.5. The fraction of sp³-hybridized carbons (Fsp3) is 0.485. The Kier molecular flexibility index (Phi) is 8.24. The summed E-state index contributed by atoms with van der Waals surface area (Å²) >= 11 is 0. The van der Waals surface area contributed by atoms with Crippen LogP contribution in [0.1, 0.15) is 30.2 Å². The molecule has 48 heavy (non-hydrogen) atoms. The van der Waals surface area contributed by atoms with Gasteiger partial charge in [-0.3, -0.25) is 19.3 Å². The number of hydrogen-bond donors (Lipinski definition) is 1. The zero-order valence-corrected chi connectivity index (χ0v) is 28.2. The molecule has 3 amide bonds. The third-order valence-corrected chi connectivity index (χ3v) is 12.4. The lowest BCUT2D eigenvalue weighted by molar-refractivity contribution is -0.146. The van der Waals surface area contributed by atoms with Crippen molar-refractivity contribution < 1.29 is 37.8 Å². The number of rotatable bonds is 10. The number of carbonyl (C=O) groups is 3. The van der Waals surface area contributed by atoms with Crippen molar-refractivity contribution in [2.75, 3.05) is 47.6 Å². The van der Waals surface area contributed by atoms with Crippen molar-refractivity contribution in [2.45, 2.75) is 63.2 Å². The van der Waals surface area contributed by atoms with Crippen LogP contribution in [0.15, 0.2) is 48.7 Å².